The second kappa shape index (κ2) is 9.86. The topological polar surface area (TPSA) is 58.9 Å². The van der Waals surface area contributed by atoms with E-state index >= 15 is 0 Å². The highest BCUT2D eigenvalue weighted by molar-refractivity contribution is 5.94. The Morgan fingerprint density at radius 3 is 2.23 bits per heavy atom. The normalized spacial score (nSPS) is 22.2. The number of unbranched alkanes of at least 4 members (excludes halogenated alkanes) is 6. The molecule has 0 saturated heterocycles. The van der Waals surface area contributed by atoms with Gasteiger partial charge < -0.3 is 9.94 Å². The van der Waals surface area contributed by atoms with E-state index < -0.39 is 11.6 Å². The standard InChI is InChI=1S/C18H33NO3/c1-4-6-8-9-11-13-15(12-10-7-5-2)16-14-18(3,17(20)21)22-19-16/h15H,4-14H2,1-3H3,(H,20,21). The van der Waals surface area contributed by atoms with Gasteiger partial charge in [-0.1, -0.05) is 70.4 Å². The number of hydrogen-bond acceptors (Lipinski definition) is 3. The molecular weight excluding hydrogens is 278 g/mol. The van der Waals surface area contributed by atoms with Gasteiger partial charge in [0.05, 0.1) is 5.71 Å². The summed E-state index contributed by atoms with van der Waals surface area (Å²) in [5.41, 5.74) is -0.183. The fourth-order valence-corrected chi connectivity index (χ4v) is 3.02. The molecule has 0 spiro atoms. The molecule has 0 fully saturated rings. The summed E-state index contributed by atoms with van der Waals surface area (Å²) in [4.78, 5) is 16.5. The number of hydrogen-bond donors (Lipinski definition) is 1. The fraction of sp³-hybridized carbons (Fsp3) is 0.889. The van der Waals surface area contributed by atoms with Crippen LogP contribution in [0.3, 0.4) is 0 Å². The zero-order valence-electron chi connectivity index (χ0n) is 14.6. The first-order valence-electron chi connectivity index (χ1n) is 9.01. The van der Waals surface area contributed by atoms with Gasteiger partial charge in [0, 0.05) is 12.3 Å². The second-order valence-corrected chi connectivity index (χ2v) is 6.78. The average Bonchev–Trinajstić information content (AvgIpc) is 2.89. The van der Waals surface area contributed by atoms with E-state index in [4.69, 9.17) is 4.84 Å². The SMILES string of the molecule is CCCCCCCC(CCCCC)C1=NOC(C)(C(=O)O)C1. The van der Waals surface area contributed by atoms with Crippen LogP contribution in [0.25, 0.3) is 0 Å². The number of oxime groups is 1. The first-order valence-corrected chi connectivity index (χ1v) is 9.01. The van der Waals surface area contributed by atoms with Gasteiger partial charge in [-0.25, -0.2) is 4.79 Å². The Labute approximate surface area is 135 Å². The van der Waals surface area contributed by atoms with Crippen molar-refractivity contribution < 1.29 is 14.7 Å². The Morgan fingerprint density at radius 2 is 1.68 bits per heavy atom. The van der Waals surface area contributed by atoms with Crippen LogP contribution in [-0.2, 0) is 9.63 Å². The van der Waals surface area contributed by atoms with Gasteiger partial charge in [-0.15, -0.1) is 0 Å². The molecule has 1 N–H and O–H groups in total. The highest BCUT2D eigenvalue weighted by Crippen LogP contribution is 2.31. The first kappa shape index (κ1) is 19.0. The van der Waals surface area contributed by atoms with Crippen molar-refractivity contribution in [1.29, 1.82) is 0 Å². The Kier molecular flexibility index (Phi) is 8.51. The molecule has 1 aliphatic heterocycles. The van der Waals surface area contributed by atoms with Crippen LogP contribution in [0, 0.1) is 5.92 Å². The highest BCUT2D eigenvalue weighted by Gasteiger charge is 2.43. The van der Waals surface area contributed by atoms with Crippen molar-refractivity contribution in [3.05, 3.63) is 0 Å². The van der Waals surface area contributed by atoms with Crippen LogP contribution in [0.4, 0.5) is 0 Å². The van der Waals surface area contributed by atoms with Crippen molar-refractivity contribution in [2.75, 3.05) is 0 Å². The first-order chi connectivity index (χ1) is 10.5. The molecule has 0 aliphatic carbocycles. The van der Waals surface area contributed by atoms with Gasteiger partial charge in [0.1, 0.15) is 0 Å². The lowest BCUT2D eigenvalue weighted by Gasteiger charge is -2.18. The molecular formula is C18H33NO3. The number of aliphatic carboxylic acids is 1. The van der Waals surface area contributed by atoms with Gasteiger partial charge >= 0.3 is 5.97 Å². The van der Waals surface area contributed by atoms with Gasteiger partial charge in [-0.05, 0) is 19.8 Å². The molecule has 2 atom stereocenters. The summed E-state index contributed by atoms with van der Waals surface area (Å²) >= 11 is 0. The van der Waals surface area contributed by atoms with Crippen molar-refractivity contribution in [3.63, 3.8) is 0 Å². The Morgan fingerprint density at radius 1 is 1.14 bits per heavy atom. The summed E-state index contributed by atoms with van der Waals surface area (Å²) in [5, 5.41) is 13.4. The summed E-state index contributed by atoms with van der Waals surface area (Å²) in [5.74, 6) is -0.518. The van der Waals surface area contributed by atoms with Gasteiger partial charge in [0.25, 0.3) is 0 Å². The van der Waals surface area contributed by atoms with E-state index in [1.807, 2.05) is 0 Å². The molecule has 1 heterocycles. The maximum Gasteiger partial charge on any atom is 0.351 e. The largest absolute Gasteiger partial charge is 0.478 e. The van der Waals surface area contributed by atoms with Crippen LogP contribution >= 0.6 is 0 Å². The summed E-state index contributed by atoms with van der Waals surface area (Å²) in [7, 11) is 0. The second-order valence-electron chi connectivity index (χ2n) is 6.78. The third kappa shape index (κ3) is 5.98. The average molecular weight is 311 g/mol. The number of rotatable bonds is 12. The van der Waals surface area contributed by atoms with Crippen LogP contribution < -0.4 is 0 Å². The zero-order valence-corrected chi connectivity index (χ0v) is 14.6. The summed E-state index contributed by atoms with van der Waals surface area (Å²) in [6.45, 7) is 6.05. The fourth-order valence-electron chi connectivity index (χ4n) is 3.02. The minimum absolute atomic E-state index is 0.398. The minimum Gasteiger partial charge on any atom is -0.478 e. The Bertz CT molecular complexity index is 367. The Balaban J connectivity index is 2.49. The van der Waals surface area contributed by atoms with E-state index in [1.165, 1.54) is 51.4 Å². The summed E-state index contributed by atoms with van der Waals surface area (Å²) in [6.07, 6.45) is 12.6. The van der Waals surface area contributed by atoms with Gasteiger partial charge in [0.2, 0.25) is 5.60 Å². The molecule has 4 heteroatoms. The maximum absolute atomic E-state index is 11.3. The molecule has 2 unspecified atom stereocenters. The third-order valence-electron chi connectivity index (χ3n) is 4.62. The van der Waals surface area contributed by atoms with E-state index in [9.17, 15) is 9.90 Å². The number of nitrogens with zero attached hydrogens (tertiary/aromatic N) is 1. The molecule has 22 heavy (non-hydrogen) atoms. The predicted octanol–water partition coefficient (Wildman–Crippen LogP) is 5.16. The minimum atomic E-state index is -1.15. The van der Waals surface area contributed by atoms with Gasteiger partial charge in [-0.3, -0.25) is 0 Å². The molecule has 1 aliphatic rings. The highest BCUT2D eigenvalue weighted by atomic mass is 16.7. The van der Waals surface area contributed by atoms with E-state index in [0.29, 0.717) is 12.3 Å². The summed E-state index contributed by atoms with van der Waals surface area (Å²) < 4.78 is 0. The molecule has 4 nitrogen and oxygen atoms in total. The molecule has 128 valence electrons. The zero-order chi connectivity index (χ0) is 16.4. The van der Waals surface area contributed by atoms with E-state index in [2.05, 4.69) is 19.0 Å². The van der Waals surface area contributed by atoms with Crippen LogP contribution in [0.15, 0.2) is 5.16 Å². The Hall–Kier alpha value is -1.06. The van der Waals surface area contributed by atoms with Gasteiger partial charge in [0.15, 0.2) is 0 Å². The van der Waals surface area contributed by atoms with Crippen molar-refractivity contribution in [2.45, 2.75) is 97.0 Å². The molecule has 0 aromatic rings. The molecule has 0 bridgehead atoms. The monoisotopic (exact) mass is 311 g/mol. The van der Waals surface area contributed by atoms with Crippen LogP contribution in [0.2, 0.25) is 0 Å². The van der Waals surface area contributed by atoms with Crippen LogP contribution in [-0.4, -0.2) is 22.4 Å². The lowest BCUT2D eigenvalue weighted by Crippen LogP contribution is -2.35. The van der Waals surface area contributed by atoms with Crippen LogP contribution in [0.1, 0.15) is 91.4 Å². The van der Waals surface area contributed by atoms with Crippen LogP contribution in [0.5, 0.6) is 0 Å². The molecule has 0 saturated carbocycles. The smallest absolute Gasteiger partial charge is 0.351 e. The summed E-state index contributed by atoms with van der Waals surface area (Å²) in [6, 6.07) is 0. The van der Waals surface area contributed by atoms with E-state index in [-0.39, 0.29) is 0 Å². The molecule has 0 radical (unpaired) electrons. The van der Waals surface area contributed by atoms with Crippen molar-refractivity contribution >= 4 is 11.7 Å². The maximum atomic E-state index is 11.3. The van der Waals surface area contributed by atoms with E-state index in [0.717, 1.165) is 18.6 Å². The molecule has 0 aromatic heterocycles. The van der Waals surface area contributed by atoms with Crippen molar-refractivity contribution in [2.24, 2.45) is 11.1 Å². The van der Waals surface area contributed by atoms with Crippen molar-refractivity contribution in [1.82, 2.24) is 0 Å². The molecule has 0 aromatic carbocycles. The lowest BCUT2D eigenvalue weighted by atomic mass is 9.85. The predicted molar refractivity (Wildman–Crippen MR) is 90.2 cm³/mol. The van der Waals surface area contributed by atoms with E-state index in [1.54, 1.807) is 6.92 Å². The number of carboxylic acids is 1. The number of carbonyl (C=O) groups is 1. The van der Waals surface area contributed by atoms with Crippen molar-refractivity contribution in [3.8, 4) is 0 Å². The van der Waals surface area contributed by atoms with Gasteiger partial charge in [-0.2, -0.15) is 0 Å². The number of carboxylic acid groups (broad SMARTS) is 1. The molecule has 1 rings (SSSR count). The quantitative estimate of drug-likeness (QED) is 0.506. The lowest BCUT2D eigenvalue weighted by molar-refractivity contribution is -0.160. The molecule has 0 amide bonds. The third-order valence-corrected chi connectivity index (χ3v) is 4.62.